The van der Waals surface area contributed by atoms with Crippen LogP contribution in [0.15, 0.2) is 42.5 Å². The second kappa shape index (κ2) is 6.06. The van der Waals surface area contributed by atoms with E-state index < -0.39 is 0 Å². The van der Waals surface area contributed by atoms with Crippen LogP contribution >= 0.6 is 0 Å². The van der Waals surface area contributed by atoms with Crippen molar-refractivity contribution in [1.29, 1.82) is 0 Å². The maximum absolute atomic E-state index is 6.01. The lowest BCUT2D eigenvalue weighted by atomic mass is 10.0. The molecule has 0 saturated heterocycles. The average molecular weight is 285 g/mol. The van der Waals surface area contributed by atoms with E-state index in [1.165, 1.54) is 5.56 Å². The summed E-state index contributed by atoms with van der Waals surface area (Å²) in [4.78, 5) is 0. The van der Waals surface area contributed by atoms with Crippen LogP contribution in [0, 0.1) is 0 Å². The molecule has 0 fully saturated rings. The molecule has 1 atom stereocenters. The fourth-order valence-corrected chi connectivity index (χ4v) is 2.60. The molecule has 110 valence electrons. The second-order valence-electron chi connectivity index (χ2n) is 5.01. The number of nitrogens with two attached hydrogens (primary N) is 1. The Bertz CT molecular complexity index is 605. The van der Waals surface area contributed by atoms with E-state index in [1.54, 1.807) is 7.11 Å². The van der Waals surface area contributed by atoms with Crippen LogP contribution in [-0.2, 0) is 6.54 Å². The van der Waals surface area contributed by atoms with Crippen LogP contribution in [0.4, 0.5) is 0 Å². The molecule has 1 aliphatic heterocycles. The van der Waals surface area contributed by atoms with E-state index >= 15 is 0 Å². The van der Waals surface area contributed by atoms with E-state index in [0.717, 1.165) is 17.1 Å². The number of hydrogen-bond donors (Lipinski definition) is 1. The molecule has 21 heavy (non-hydrogen) atoms. The summed E-state index contributed by atoms with van der Waals surface area (Å²) >= 11 is 0. The van der Waals surface area contributed by atoms with E-state index in [2.05, 4.69) is 6.07 Å². The van der Waals surface area contributed by atoms with Gasteiger partial charge in [0.15, 0.2) is 11.5 Å². The Labute approximate surface area is 124 Å². The first-order valence-corrected chi connectivity index (χ1v) is 7.04. The third kappa shape index (κ3) is 2.67. The van der Waals surface area contributed by atoms with Gasteiger partial charge < -0.3 is 19.9 Å². The van der Waals surface area contributed by atoms with Gasteiger partial charge in [0.1, 0.15) is 5.75 Å². The Morgan fingerprint density at radius 1 is 1.19 bits per heavy atom. The minimum Gasteiger partial charge on any atom is -0.493 e. The van der Waals surface area contributed by atoms with E-state index in [9.17, 15) is 0 Å². The van der Waals surface area contributed by atoms with Crippen molar-refractivity contribution >= 4 is 0 Å². The van der Waals surface area contributed by atoms with Crippen molar-refractivity contribution in [3.63, 3.8) is 0 Å². The zero-order valence-corrected chi connectivity index (χ0v) is 12.0. The number of methoxy groups -OCH3 is 1. The van der Waals surface area contributed by atoms with Gasteiger partial charge in [0, 0.05) is 17.7 Å². The molecule has 1 heterocycles. The zero-order valence-electron chi connectivity index (χ0n) is 12.0. The van der Waals surface area contributed by atoms with E-state index in [4.69, 9.17) is 19.9 Å². The van der Waals surface area contributed by atoms with Crippen molar-refractivity contribution in [2.24, 2.45) is 5.73 Å². The van der Waals surface area contributed by atoms with E-state index in [0.29, 0.717) is 25.5 Å². The Hall–Kier alpha value is -2.20. The lowest BCUT2D eigenvalue weighted by Crippen LogP contribution is -2.13. The zero-order chi connectivity index (χ0) is 14.7. The fraction of sp³-hybridized carbons (Fsp3) is 0.294. The first kappa shape index (κ1) is 13.8. The van der Waals surface area contributed by atoms with Gasteiger partial charge in [0.05, 0.1) is 26.2 Å². The van der Waals surface area contributed by atoms with Crippen LogP contribution in [0.3, 0.4) is 0 Å². The lowest BCUT2D eigenvalue weighted by Gasteiger charge is -2.16. The van der Waals surface area contributed by atoms with Crippen molar-refractivity contribution in [3.8, 4) is 17.2 Å². The molecule has 4 heteroatoms. The molecule has 0 amide bonds. The number of para-hydroxylation sites is 2. The molecule has 0 aliphatic carbocycles. The van der Waals surface area contributed by atoms with Crippen molar-refractivity contribution in [3.05, 3.63) is 53.6 Å². The molecule has 0 bridgehead atoms. The van der Waals surface area contributed by atoms with Gasteiger partial charge in [0.25, 0.3) is 0 Å². The van der Waals surface area contributed by atoms with Crippen LogP contribution in [0.1, 0.15) is 17.0 Å². The van der Waals surface area contributed by atoms with Gasteiger partial charge >= 0.3 is 0 Å². The third-order valence-corrected chi connectivity index (χ3v) is 3.73. The summed E-state index contributed by atoms with van der Waals surface area (Å²) in [5.41, 5.74) is 7.92. The summed E-state index contributed by atoms with van der Waals surface area (Å²) in [5, 5.41) is 0. The first-order chi connectivity index (χ1) is 10.3. The molecular formula is C17H19NO3. The van der Waals surface area contributed by atoms with Gasteiger partial charge in [-0.25, -0.2) is 0 Å². The van der Waals surface area contributed by atoms with Gasteiger partial charge in [-0.05, 0) is 12.1 Å². The normalized spacial score (nSPS) is 16.2. The molecule has 3 rings (SSSR count). The summed E-state index contributed by atoms with van der Waals surface area (Å²) in [5.74, 6) is 2.62. The number of rotatable bonds is 5. The molecule has 1 unspecified atom stereocenters. The molecule has 0 radical (unpaired) electrons. The third-order valence-electron chi connectivity index (χ3n) is 3.73. The summed E-state index contributed by atoms with van der Waals surface area (Å²) in [6, 6.07) is 13.8. The largest absolute Gasteiger partial charge is 0.493 e. The molecule has 0 aromatic heterocycles. The van der Waals surface area contributed by atoms with Crippen molar-refractivity contribution in [2.45, 2.75) is 12.5 Å². The van der Waals surface area contributed by atoms with E-state index in [-0.39, 0.29) is 5.92 Å². The highest BCUT2D eigenvalue weighted by molar-refractivity contribution is 5.47. The average Bonchev–Trinajstić information content (AvgIpc) is 2.95. The van der Waals surface area contributed by atoms with Crippen LogP contribution in [0.5, 0.6) is 17.2 Å². The highest BCUT2D eigenvalue weighted by Gasteiger charge is 2.25. The van der Waals surface area contributed by atoms with Gasteiger partial charge in [-0.15, -0.1) is 0 Å². The maximum atomic E-state index is 6.01. The number of fused-ring (bicyclic) bond motifs is 1. The molecule has 0 spiro atoms. The summed E-state index contributed by atoms with van der Waals surface area (Å²) < 4.78 is 17.0. The molecular weight excluding hydrogens is 266 g/mol. The summed E-state index contributed by atoms with van der Waals surface area (Å²) in [7, 11) is 1.64. The van der Waals surface area contributed by atoms with Crippen LogP contribution < -0.4 is 19.9 Å². The molecule has 2 aromatic carbocycles. The number of hydrogen-bond acceptors (Lipinski definition) is 4. The summed E-state index contributed by atoms with van der Waals surface area (Å²) in [6.07, 6.45) is 0. The molecule has 4 nitrogen and oxygen atoms in total. The highest BCUT2D eigenvalue weighted by atomic mass is 16.5. The van der Waals surface area contributed by atoms with Crippen LogP contribution in [-0.4, -0.2) is 20.3 Å². The Morgan fingerprint density at radius 2 is 2.05 bits per heavy atom. The predicted octanol–water partition coefficient (Wildman–Crippen LogP) is 2.71. The topological polar surface area (TPSA) is 53.7 Å². The smallest absolute Gasteiger partial charge is 0.165 e. The number of benzene rings is 2. The monoisotopic (exact) mass is 285 g/mol. The van der Waals surface area contributed by atoms with Crippen LogP contribution in [0.2, 0.25) is 0 Å². The maximum Gasteiger partial charge on any atom is 0.165 e. The van der Waals surface area contributed by atoms with E-state index in [1.807, 2.05) is 36.4 Å². The molecule has 0 saturated carbocycles. The second-order valence-corrected chi connectivity index (χ2v) is 5.01. The minimum atomic E-state index is 0.233. The van der Waals surface area contributed by atoms with Crippen molar-refractivity contribution in [2.75, 3.05) is 20.3 Å². The molecule has 2 aromatic rings. The summed E-state index contributed by atoms with van der Waals surface area (Å²) in [6.45, 7) is 1.61. The predicted molar refractivity (Wildman–Crippen MR) is 81.1 cm³/mol. The van der Waals surface area contributed by atoms with Gasteiger partial charge in [-0.1, -0.05) is 30.3 Å². The Balaban J connectivity index is 1.77. The lowest BCUT2D eigenvalue weighted by molar-refractivity contribution is 0.238. The van der Waals surface area contributed by atoms with Gasteiger partial charge in [-0.3, -0.25) is 0 Å². The van der Waals surface area contributed by atoms with Crippen molar-refractivity contribution < 1.29 is 14.2 Å². The van der Waals surface area contributed by atoms with Crippen molar-refractivity contribution in [1.82, 2.24) is 0 Å². The Kier molecular flexibility index (Phi) is 3.97. The standard InChI is InChI=1S/C17H19NO3/c1-19-16-8-4-5-12(9-18)17(16)21-11-13-10-20-15-7-3-2-6-14(13)15/h2-8,13H,9-11,18H2,1H3. The fourth-order valence-electron chi connectivity index (χ4n) is 2.60. The molecule has 1 aliphatic rings. The highest BCUT2D eigenvalue weighted by Crippen LogP contribution is 2.36. The number of ether oxygens (including phenoxy) is 3. The van der Waals surface area contributed by atoms with Gasteiger partial charge in [0.2, 0.25) is 0 Å². The van der Waals surface area contributed by atoms with Crippen LogP contribution in [0.25, 0.3) is 0 Å². The SMILES string of the molecule is COc1cccc(CN)c1OCC1COc2ccccc21. The minimum absolute atomic E-state index is 0.233. The van der Waals surface area contributed by atoms with Gasteiger partial charge in [-0.2, -0.15) is 0 Å². The Morgan fingerprint density at radius 3 is 2.86 bits per heavy atom. The first-order valence-electron chi connectivity index (χ1n) is 7.04. The molecule has 2 N–H and O–H groups in total. The quantitative estimate of drug-likeness (QED) is 0.917.